The second kappa shape index (κ2) is 10.4. The molecule has 0 spiro atoms. The molecule has 0 aliphatic heterocycles. The van der Waals surface area contributed by atoms with Crippen LogP contribution in [-0.2, 0) is 12.8 Å². The van der Waals surface area contributed by atoms with E-state index in [1.54, 1.807) is 6.07 Å². The van der Waals surface area contributed by atoms with E-state index in [0.717, 1.165) is 41.7 Å². The molecule has 0 aromatic heterocycles. The van der Waals surface area contributed by atoms with E-state index in [1.165, 1.54) is 37.7 Å². The molecule has 0 N–H and O–H groups in total. The smallest absolute Gasteiger partial charge is 0.126 e. The van der Waals surface area contributed by atoms with E-state index in [9.17, 15) is 4.39 Å². The second-order valence-corrected chi connectivity index (χ2v) is 10.0. The van der Waals surface area contributed by atoms with Crippen LogP contribution < -0.4 is 0 Å². The topological polar surface area (TPSA) is 0 Å². The van der Waals surface area contributed by atoms with Gasteiger partial charge in [0, 0.05) is 0 Å². The van der Waals surface area contributed by atoms with Gasteiger partial charge in [-0.25, -0.2) is 4.39 Å². The van der Waals surface area contributed by atoms with E-state index in [4.69, 9.17) is 0 Å². The van der Waals surface area contributed by atoms with Crippen molar-refractivity contribution >= 4 is 0 Å². The molecule has 0 bridgehead atoms. The fraction of sp³-hybridized carbons (Fsp3) is 0.571. The summed E-state index contributed by atoms with van der Waals surface area (Å²) in [6.07, 6.45) is 8.50. The molecule has 1 aliphatic rings. The van der Waals surface area contributed by atoms with Crippen molar-refractivity contribution in [2.45, 2.75) is 78.6 Å². The first-order valence-corrected chi connectivity index (χ1v) is 11.7. The van der Waals surface area contributed by atoms with E-state index in [0.29, 0.717) is 11.8 Å². The molecule has 158 valence electrons. The van der Waals surface area contributed by atoms with Gasteiger partial charge in [0.1, 0.15) is 5.82 Å². The maximum absolute atomic E-state index is 14.8. The average Bonchev–Trinajstić information content (AvgIpc) is 2.71. The van der Waals surface area contributed by atoms with Gasteiger partial charge in [0.05, 0.1) is 0 Å². The van der Waals surface area contributed by atoms with E-state index in [1.807, 2.05) is 12.1 Å². The standard InChI is InChI=1S/C28H39F/c1-20(2)25-13-10-23(11-14-25)16-21(3)17-27-15-12-24(19-28(27)29)18-22(4)26-8-6-5-7-9-26/h5-9,12,15,19-23,25H,10-11,13-14,16-18H2,1-4H3. The van der Waals surface area contributed by atoms with Gasteiger partial charge in [-0.1, -0.05) is 83.0 Å². The van der Waals surface area contributed by atoms with E-state index < -0.39 is 0 Å². The number of hydrogen-bond acceptors (Lipinski definition) is 0. The Balaban J connectivity index is 1.51. The molecule has 0 heterocycles. The van der Waals surface area contributed by atoms with Crippen LogP contribution in [0.4, 0.5) is 4.39 Å². The van der Waals surface area contributed by atoms with Gasteiger partial charge < -0.3 is 0 Å². The van der Waals surface area contributed by atoms with Crippen LogP contribution in [0.25, 0.3) is 0 Å². The third-order valence-corrected chi connectivity index (χ3v) is 7.17. The fourth-order valence-electron chi connectivity index (χ4n) is 5.25. The van der Waals surface area contributed by atoms with Crippen molar-refractivity contribution in [3.8, 4) is 0 Å². The lowest BCUT2D eigenvalue weighted by molar-refractivity contribution is 0.202. The first-order valence-electron chi connectivity index (χ1n) is 11.7. The lowest BCUT2D eigenvalue weighted by Crippen LogP contribution is -2.20. The Hall–Kier alpha value is -1.63. The summed E-state index contributed by atoms with van der Waals surface area (Å²) in [6.45, 7) is 9.25. The molecule has 2 atom stereocenters. The Labute approximate surface area is 177 Å². The number of hydrogen-bond donors (Lipinski definition) is 0. The molecule has 1 aliphatic carbocycles. The molecule has 2 unspecified atom stereocenters. The lowest BCUT2D eigenvalue weighted by Gasteiger charge is -2.32. The predicted octanol–water partition coefficient (Wildman–Crippen LogP) is 8.20. The highest BCUT2D eigenvalue weighted by atomic mass is 19.1. The van der Waals surface area contributed by atoms with Crippen molar-refractivity contribution in [3.05, 3.63) is 71.0 Å². The van der Waals surface area contributed by atoms with Crippen LogP contribution in [0.15, 0.2) is 48.5 Å². The quantitative estimate of drug-likeness (QED) is 0.423. The molecule has 0 amide bonds. The lowest BCUT2D eigenvalue weighted by atomic mass is 9.74. The van der Waals surface area contributed by atoms with Gasteiger partial charge in [-0.2, -0.15) is 0 Å². The van der Waals surface area contributed by atoms with Crippen LogP contribution in [0.3, 0.4) is 0 Å². The second-order valence-electron chi connectivity index (χ2n) is 10.0. The van der Waals surface area contributed by atoms with Crippen molar-refractivity contribution in [3.63, 3.8) is 0 Å². The Bertz CT molecular complexity index is 740. The molecular weight excluding hydrogens is 355 g/mol. The maximum Gasteiger partial charge on any atom is 0.126 e. The minimum atomic E-state index is -0.0156. The van der Waals surface area contributed by atoms with Gasteiger partial charge in [-0.15, -0.1) is 0 Å². The van der Waals surface area contributed by atoms with Crippen LogP contribution in [0.5, 0.6) is 0 Å². The molecular formula is C28H39F. The van der Waals surface area contributed by atoms with Crippen molar-refractivity contribution < 1.29 is 4.39 Å². The monoisotopic (exact) mass is 394 g/mol. The van der Waals surface area contributed by atoms with Crippen LogP contribution >= 0.6 is 0 Å². The van der Waals surface area contributed by atoms with Crippen molar-refractivity contribution in [1.29, 1.82) is 0 Å². The summed E-state index contributed by atoms with van der Waals surface area (Å²) in [5, 5.41) is 0. The van der Waals surface area contributed by atoms with E-state index in [2.05, 4.69) is 58.0 Å². The molecule has 0 saturated heterocycles. The molecule has 0 nitrogen and oxygen atoms in total. The largest absolute Gasteiger partial charge is 0.207 e. The highest BCUT2D eigenvalue weighted by molar-refractivity contribution is 5.28. The normalized spacial score (nSPS) is 21.9. The average molecular weight is 395 g/mol. The summed E-state index contributed by atoms with van der Waals surface area (Å²) in [7, 11) is 0. The summed E-state index contributed by atoms with van der Waals surface area (Å²) in [5.41, 5.74) is 3.31. The minimum absolute atomic E-state index is 0.0156. The molecule has 29 heavy (non-hydrogen) atoms. The number of rotatable bonds is 8. The number of benzene rings is 2. The molecule has 1 heteroatoms. The van der Waals surface area contributed by atoms with Gasteiger partial charge in [-0.05, 0) is 84.5 Å². The van der Waals surface area contributed by atoms with Crippen LogP contribution in [0.1, 0.15) is 82.4 Å². The van der Waals surface area contributed by atoms with E-state index in [-0.39, 0.29) is 5.82 Å². The summed E-state index contributed by atoms with van der Waals surface area (Å²) < 4.78 is 14.8. The predicted molar refractivity (Wildman–Crippen MR) is 123 cm³/mol. The van der Waals surface area contributed by atoms with Crippen LogP contribution in [0.2, 0.25) is 0 Å². The Morgan fingerprint density at radius 1 is 0.862 bits per heavy atom. The number of halogens is 1. The Morgan fingerprint density at radius 2 is 1.55 bits per heavy atom. The van der Waals surface area contributed by atoms with Gasteiger partial charge >= 0.3 is 0 Å². The van der Waals surface area contributed by atoms with Gasteiger partial charge in [-0.3, -0.25) is 0 Å². The maximum atomic E-state index is 14.8. The highest BCUT2D eigenvalue weighted by Crippen LogP contribution is 2.36. The van der Waals surface area contributed by atoms with E-state index >= 15 is 0 Å². The minimum Gasteiger partial charge on any atom is -0.207 e. The van der Waals surface area contributed by atoms with Gasteiger partial charge in [0.25, 0.3) is 0 Å². The summed E-state index contributed by atoms with van der Waals surface area (Å²) in [5.74, 6) is 3.53. The van der Waals surface area contributed by atoms with Crippen molar-refractivity contribution in [2.75, 3.05) is 0 Å². The zero-order valence-electron chi connectivity index (χ0n) is 18.8. The Kier molecular flexibility index (Phi) is 7.92. The zero-order chi connectivity index (χ0) is 20.8. The zero-order valence-corrected chi connectivity index (χ0v) is 18.8. The first kappa shape index (κ1) is 22.1. The Morgan fingerprint density at radius 3 is 2.17 bits per heavy atom. The van der Waals surface area contributed by atoms with Crippen molar-refractivity contribution in [2.24, 2.45) is 23.7 Å². The van der Waals surface area contributed by atoms with Crippen molar-refractivity contribution in [1.82, 2.24) is 0 Å². The molecule has 1 fully saturated rings. The van der Waals surface area contributed by atoms with Crippen LogP contribution in [-0.4, -0.2) is 0 Å². The highest BCUT2D eigenvalue weighted by Gasteiger charge is 2.24. The summed E-state index contributed by atoms with van der Waals surface area (Å²) in [4.78, 5) is 0. The molecule has 3 rings (SSSR count). The third-order valence-electron chi connectivity index (χ3n) is 7.17. The molecule has 0 radical (unpaired) electrons. The summed E-state index contributed by atoms with van der Waals surface area (Å²) >= 11 is 0. The fourth-order valence-corrected chi connectivity index (χ4v) is 5.25. The van der Waals surface area contributed by atoms with Crippen LogP contribution in [0, 0.1) is 29.5 Å². The van der Waals surface area contributed by atoms with Gasteiger partial charge in [0.15, 0.2) is 0 Å². The van der Waals surface area contributed by atoms with Gasteiger partial charge in [0.2, 0.25) is 0 Å². The molecule has 1 saturated carbocycles. The first-order chi connectivity index (χ1) is 13.9. The molecule has 2 aromatic carbocycles. The summed E-state index contributed by atoms with van der Waals surface area (Å²) in [6, 6.07) is 16.5. The molecule has 2 aromatic rings. The SMILES string of the molecule is CC(Cc1ccc(CC(C)c2ccccc2)cc1F)CC1CCC(C(C)C)CC1. The third kappa shape index (κ3) is 6.43.